The van der Waals surface area contributed by atoms with Gasteiger partial charge in [-0.05, 0) is 43.9 Å². The summed E-state index contributed by atoms with van der Waals surface area (Å²) in [5.41, 5.74) is 0. The van der Waals surface area contributed by atoms with Crippen molar-refractivity contribution in [1.29, 1.82) is 0 Å². The van der Waals surface area contributed by atoms with Gasteiger partial charge in [-0.25, -0.2) is 0 Å². The molecule has 2 atom stereocenters. The quantitative estimate of drug-likeness (QED) is 0.790. The maximum Gasteiger partial charge on any atom is 0.0600 e. The van der Waals surface area contributed by atoms with E-state index in [2.05, 4.69) is 24.0 Å². The van der Waals surface area contributed by atoms with Gasteiger partial charge in [-0.1, -0.05) is 19.8 Å². The third kappa shape index (κ3) is 4.46. The summed E-state index contributed by atoms with van der Waals surface area (Å²) in [6.07, 6.45) is 8.29. The molecule has 0 aromatic carbocycles. The molecule has 1 N–H and O–H groups in total. The third-order valence-corrected chi connectivity index (χ3v) is 5.54. The van der Waals surface area contributed by atoms with Crippen molar-refractivity contribution in [1.82, 2.24) is 5.32 Å². The summed E-state index contributed by atoms with van der Waals surface area (Å²) in [4.78, 5) is 0. The molecule has 0 amide bonds. The van der Waals surface area contributed by atoms with E-state index < -0.39 is 0 Å². The zero-order valence-corrected chi connectivity index (χ0v) is 11.9. The summed E-state index contributed by atoms with van der Waals surface area (Å²) < 4.78 is 5.65. The number of thioether (sulfide) groups is 1. The smallest absolute Gasteiger partial charge is 0.0600 e. The van der Waals surface area contributed by atoms with E-state index in [4.69, 9.17) is 4.74 Å². The first-order chi connectivity index (χ1) is 8.40. The molecule has 17 heavy (non-hydrogen) atoms. The Hall–Kier alpha value is 0.270. The van der Waals surface area contributed by atoms with Gasteiger partial charge in [-0.2, -0.15) is 11.8 Å². The molecule has 1 aliphatic carbocycles. The molecule has 0 spiro atoms. The Kier molecular flexibility index (Phi) is 6.16. The molecule has 2 rings (SSSR count). The minimum Gasteiger partial charge on any atom is -0.380 e. The molecule has 0 radical (unpaired) electrons. The molecular weight excluding hydrogens is 230 g/mol. The molecule has 2 aliphatic rings. The number of nitrogens with one attached hydrogen (secondary N) is 1. The van der Waals surface area contributed by atoms with Crippen LogP contribution in [0.3, 0.4) is 0 Å². The van der Waals surface area contributed by atoms with Crippen molar-refractivity contribution in [3.63, 3.8) is 0 Å². The van der Waals surface area contributed by atoms with Crippen molar-refractivity contribution in [2.45, 2.75) is 56.7 Å². The second kappa shape index (κ2) is 7.65. The predicted octanol–water partition coefficient (Wildman–Crippen LogP) is 3.07. The van der Waals surface area contributed by atoms with E-state index in [0.29, 0.717) is 11.3 Å². The van der Waals surface area contributed by atoms with Crippen LogP contribution in [0.2, 0.25) is 0 Å². The fourth-order valence-electron chi connectivity index (χ4n) is 2.88. The van der Waals surface area contributed by atoms with E-state index in [1.807, 2.05) is 0 Å². The van der Waals surface area contributed by atoms with Gasteiger partial charge in [0.2, 0.25) is 0 Å². The summed E-state index contributed by atoms with van der Waals surface area (Å²) in [5.74, 6) is 2.35. The van der Waals surface area contributed by atoms with Gasteiger partial charge in [0, 0.05) is 17.9 Å². The normalized spacial score (nSPS) is 30.9. The number of hydrogen-bond donors (Lipinski definition) is 1. The van der Waals surface area contributed by atoms with Crippen LogP contribution in [0, 0.1) is 5.92 Å². The summed E-state index contributed by atoms with van der Waals surface area (Å²) in [6, 6.07) is 0.690. The maximum absolute atomic E-state index is 5.65. The summed E-state index contributed by atoms with van der Waals surface area (Å²) >= 11 is 2.17. The summed E-state index contributed by atoms with van der Waals surface area (Å²) in [6.45, 7) is 5.30. The first-order valence-electron chi connectivity index (χ1n) is 7.33. The Morgan fingerprint density at radius 1 is 1.24 bits per heavy atom. The van der Waals surface area contributed by atoms with Crippen LogP contribution in [0.1, 0.15) is 45.4 Å². The Morgan fingerprint density at radius 3 is 2.82 bits per heavy atom. The predicted molar refractivity (Wildman–Crippen MR) is 75.7 cm³/mol. The van der Waals surface area contributed by atoms with Crippen LogP contribution in [0.25, 0.3) is 0 Å². The average molecular weight is 257 g/mol. The minimum absolute atomic E-state index is 0.690. The van der Waals surface area contributed by atoms with Crippen LogP contribution in [-0.4, -0.2) is 36.8 Å². The summed E-state index contributed by atoms with van der Waals surface area (Å²) in [7, 11) is 0. The molecule has 0 aromatic rings. The Balaban J connectivity index is 1.71. The van der Waals surface area contributed by atoms with Crippen molar-refractivity contribution in [2.24, 2.45) is 5.92 Å². The lowest BCUT2D eigenvalue weighted by Crippen LogP contribution is -2.45. The minimum atomic E-state index is 0.690. The van der Waals surface area contributed by atoms with Gasteiger partial charge in [-0.15, -0.1) is 0 Å². The molecule has 1 saturated carbocycles. The zero-order chi connectivity index (χ0) is 11.9. The van der Waals surface area contributed by atoms with Gasteiger partial charge in [0.1, 0.15) is 0 Å². The van der Waals surface area contributed by atoms with Gasteiger partial charge < -0.3 is 10.1 Å². The molecule has 1 saturated heterocycles. The Labute approximate surface area is 110 Å². The van der Waals surface area contributed by atoms with E-state index in [1.165, 1.54) is 44.3 Å². The van der Waals surface area contributed by atoms with Crippen molar-refractivity contribution in [3.8, 4) is 0 Å². The highest BCUT2D eigenvalue weighted by Crippen LogP contribution is 2.31. The second-order valence-electron chi connectivity index (χ2n) is 5.45. The van der Waals surface area contributed by atoms with Crippen LogP contribution < -0.4 is 5.32 Å². The van der Waals surface area contributed by atoms with Gasteiger partial charge >= 0.3 is 0 Å². The Bertz CT molecular complexity index is 206. The molecule has 2 nitrogen and oxygen atoms in total. The van der Waals surface area contributed by atoms with Crippen LogP contribution in [0.4, 0.5) is 0 Å². The molecule has 1 aliphatic heterocycles. The Morgan fingerprint density at radius 2 is 2.06 bits per heavy atom. The van der Waals surface area contributed by atoms with Crippen molar-refractivity contribution < 1.29 is 4.74 Å². The van der Waals surface area contributed by atoms with E-state index in [9.17, 15) is 0 Å². The lowest BCUT2D eigenvalue weighted by molar-refractivity contribution is 0.0833. The van der Waals surface area contributed by atoms with Crippen LogP contribution in [0.5, 0.6) is 0 Å². The first-order valence-corrected chi connectivity index (χ1v) is 8.37. The maximum atomic E-state index is 5.65. The first kappa shape index (κ1) is 13.7. The fourth-order valence-corrected chi connectivity index (χ4v) is 4.39. The van der Waals surface area contributed by atoms with E-state index in [-0.39, 0.29) is 0 Å². The second-order valence-corrected chi connectivity index (χ2v) is 6.72. The zero-order valence-electron chi connectivity index (χ0n) is 11.1. The standard InChI is InChI=1S/C14H27NOS/c1-2-8-15-13-7-9-16-10-14(13)17-11-12-5-3-4-6-12/h12-15H,2-11H2,1H3. The van der Waals surface area contributed by atoms with Gasteiger partial charge in [0.05, 0.1) is 6.61 Å². The van der Waals surface area contributed by atoms with Crippen molar-refractivity contribution in [3.05, 3.63) is 0 Å². The molecule has 0 bridgehead atoms. The van der Waals surface area contributed by atoms with Crippen molar-refractivity contribution >= 4 is 11.8 Å². The van der Waals surface area contributed by atoms with Crippen LogP contribution in [0.15, 0.2) is 0 Å². The van der Waals surface area contributed by atoms with E-state index in [1.54, 1.807) is 0 Å². The number of hydrogen-bond acceptors (Lipinski definition) is 3. The van der Waals surface area contributed by atoms with Crippen LogP contribution >= 0.6 is 11.8 Å². The molecule has 1 heterocycles. The van der Waals surface area contributed by atoms with Crippen LogP contribution in [-0.2, 0) is 4.74 Å². The SMILES string of the molecule is CCCNC1CCOCC1SCC1CCCC1. The van der Waals surface area contributed by atoms with Crippen molar-refractivity contribution in [2.75, 3.05) is 25.5 Å². The highest BCUT2D eigenvalue weighted by Gasteiger charge is 2.27. The average Bonchev–Trinajstić information content (AvgIpc) is 2.88. The van der Waals surface area contributed by atoms with Gasteiger partial charge in [-0.3, -0.25) is 0 Å². The lowest BCUT2D eigenvalue weighted by Gasteiger charge is -2.32. The van der Waals surface area contributed by atoms with E-state index >= 15 is 0 Å². The topological polar surface area (TPSA) is 21.3 Å². The molecule has 100 valence electrons. The number of ether oxygens (including phenoxy) is 1. The highest BCUT2D eigenvalue weighted by atomic mass is 32.2. The third-order valence-electron chi connectivity index (χ3n) is 3.98. The number of rotatable bonds is 6. The summed E-state index contributed by atoms with van der Waals surface area (Å²) in [5, 5.41) is 4.39. The fraction of sp³-hybridized carbons (Fsp3) is 1.00. The van der Waals surface area contributed by atoms with Gasteiger partial charge in [0.25, 0.3) is 0 Å². The highest BCUT2D eigenvalue weighted by molar-refractivity contribution is 8.00. The molecule has 3 heteroatoms. The molecule has 2 unspecified atom stereocenters. The lowest BCUT2D eigenvalue weighted by atomic mass is 10.1. The molecule has 0 aromatic heterocycles. The van der Waals surface area contributed by atoms with Gasteiger partial charge in [0.15, 0.2) is 0 Å². The monoisotopic (exact) mass is 257 g/mol. The van der Waals surface area contributed by atoms with E-state index in [0.717, 1.165) is 25.7 Å². The molecular formula is C14H27NOS. The molecule has 2 fully saturated rings. The largest absolute Gasteiger partial charge is 0.380 e.